The van der Waals surface area contributed by atoms with Crippen molar-refractivity contribution < 1.29 is 5.11 Å². The highest BCUT2D eigenvalue weighted by atomic mass is 16.3. The van der Waals surface area contributed by atoms with Gasteiger partial charge in [0, 0.05) is 57.3 Å². The first kappa shape index (κ1) is 20.7. The van der Waals surface area contributed by atoms with E-state index in [2.05, 4.69) is 52.0 Å². The van der Waals surface area contributed by atoms with Crippen LogP contribution in [0.25, 0.3) is 0 Å². The summed E-state index contributed by atoms with van der Waals surface area (Å²) in [7, 11) is 0. The molecule has 1 saturated carbocycles. The summed E-state index contributed by atoms with van der Waals surface area (Å²) in [6, 6.07) is 11.0. The number of rotatable bonds is 5. The molecular formula is C25H35N5O. The fraction of sp³-hybridized carbons (Fsp3) is 0.600. The quantitative estimate of drug-likeness (QED) is 0.801. The van der Waals surface area contributed by atoms with Gasteiger partial charge in [0.25, 0.3) is 0 Å². The number of fused-ring (bicyclic) bond motifs is 1. The van der Waals surface area contributed by atoms with Crippen LogP contribution in [0.1, 0.15) is 36.2 Å². The number of nitrogens with zero attached hydrogens (tertiary/aromatic N) is 5. The molecule has 1 N–H and O–H groups in total. The van der Waals surface area contributed by atoms with Gasteiger partial charge >= 0.3 is 0 Å². The largest absolute Gasteiger partial charge is 0.396 e. The van der Waals surface area contributed by atoms with Crippen molar-refractivity contribution in [3.8, 4) is 0 Å². The van der Waals surface area contributed by atoms with Crippen LogP contribution in [-0.2, 0) is 6.54 Å². The van der Waals surface area contributed by atoms with Gasteiger partial charge in [0.05, 0.1) is 6.61 Å². The van der Waals surface area contributed by atoms with E-state index in [4.69, 9.17) is 9.97 Å². The maximum atomic E-state index is 10.1. The summed E-state index contributed by atoms with van der Waals surface area (Å²) < 4.78 is 0. The number of aromatic nitrogens is 2. The molecule has 1 aromatic heterocycles. The second kappa shape index (κ2) is 8.40. The minimum atomic E-state index is 0.0838. The third-order valence-corrected chi connectivity index (χ3v) is 7.67. The van der Waals surface area contributed by atoms with Gasteiger partial charge in [0.2, 0.25) is 0 Å². The van der Waals surface area contributed by atoms with Crippen molar-refractivity contribution in [3.63, 3.8) is 0 Å². The van der Waals surface area contributed by atoms with Crippen molar-refractivity contribution in [1.29, 1.82) is 0 Å². The van der Waals surface area contributed by atoms with Crippen LogP contribution in [-0.4, -0.2) is 65.8 Å². The Labute approximate surface area is 185 Å². The number of benzene rings is 1. The Bertz CT molecular complexity index is 926. The molecular weight excluding hydrogens is 386 g/mol. The molecule has 31 heavy (non-hydrogen) atoms. The lowest BCUT2D eigenvalue weighted by molar-refractivity contribution is 0.121. The van der Waals surface area contributed by atoms with Crippen molar-refractivity contribution in [3.05, 3.63) is 47.3 Å². The van der Waals surface area contributed by atoms with Crippen LogP contribution in [0.2, 0.25) is 0 Å². The monoisotopic (exact) mass is 421 g/mol. The first-order valence-corrected chi connectivity index (χ1v) is 11.8. The van der Waals surface area contributed by atoms with E-state index in [9.17, 15) is 5.11 Å². The number of hydrogen-bond acceptors (Lipinski definition) is 6. The van der Waals surface area contributed by atoms with Crippen LogP contribution in [0.4, 0.5) is 11.6 Å². The van der Waals surface area contributed by atoms with Gasteiger partial charge in [-0.3, -0.25) is 4.90 Å². The maximum absolute atomic E-state index is 10.1. The lowest BCUT2D eigenvalue weighted by Gasteiger charge is -2.36. The van der Waals surface area contributed by atoms with Gasteiger partial charge < -0.3 is 14.9 Å². The van der Waals surface area contributed by atoms with E-state index in [1.165, 1.54) is 24.0 Å². The summed E-state index contributed by atoms with van der Waals surface area (Å²) in [4.78, 5) is 16.9. The highest BCUT2D eigenvalue weighted by Gasteiger charge is 2.49. The molecule has 2 aromatic rings. The average molecular weight is 422 g/mol. The van der Waals surface area contributed by atoms with Gasteiger partial charge in [0.1, 0.15) is 17.5 Å². The van der Waals surface area contributed by atoms with Gasteiger partial charge in [-0.2, -0.15) is 0 Å². The molecule has 3 fully saturated rings. The molecule has 2 saturated heterocycles. The van der Waals surface area contributed by atoms with Crippen LogP contribution in [0.3, 0.4) is 0 Å². The Morgan fingerprint density at radius 2 is 1.81 bits per heavy atom. The Morgan fingerprint density at radius 3 is 2.52 bits per heavy atom. The van der Waals surface area contributed by atoms with Crippen LogP contribution in [0.5, 0.6) is 0 Å². The fourth-order valence-corrected chi connectivity index (χ4v) is 5.91. The molecule has 1 aromatic carbocycles. The summed E-state index contributed by atoms with van der Waals surface area (Å²) in [5.41, 5.74) is 2.81. The van der Waals surface area contributed by atoms with Crippen molar-refractivity contribution in [2.75, 3.05) is 55.7 Å². The number of hydrogen-bond donors (Lipinski definition) is 1. The predicted molar refractivity (Wildman–Crippen MR) is 125 cm³/mol. The van der Waals surface area contributed by atoms with E-state index in [1.54, 1.807) is 0 Å². The Kier molecular flexibility index (Phi) is 5.61. The van der Waals surface area contributed by atoms with Gasteiger partial charge in [-0.1, -0.05) is 36.2 Å². The zero-order valence-electron chi connectivity index (χ0n) is 18.9. The lowest BCUT2D eigenvalue weighted by atomic mass is 9.82. The number of aliphatic hydroxyl groups is 1. The van der Waals surface area contributed by atoms with Crippen molar-refractivity contribution >= 4 is 11.6 Å². The minimum Gasteiger partial charge on any atom is -0.396 e. The Hall–Kier alpha value is -2.18. The van der Waals surface area contributed by atoms with Crippen LogP contribution in [0, 0.1) is 25.2 Å². The molecule has 0 amide bonds. The molecule has 5 rings (SSSR count). The smallest absolute Gasteiger partial charge is 0.134 e. The number of anilines is 2. The topological polar surface area (TPSA) is 55.7 Å². The molecule has 3 aliphatic rings. The second-order valence-electron chi connectivity index (χ2n) is 9.87. The third-order valence-electron chi connectivity index (χ3n) is 7.67. The van der Waals surface area contributed by atoms with Crippen molar-refractivity contribution in [2.24, 2.45) is 11.3 Å². The Balaban J connectivity index is 1.25. The van der Waals surface area contributed by atoms with Crippen molar-refractivity contribution in [2.45, 2.75) is 39.7 Å². The predicted octanol–water partition coefficient (Wildman–Crippen LogP) is 3.01. The first-order valence-electron chi connectivity index (χ1n) is 11.8. The number of aliphatic hydroxyl groups excluding tert-OH is 1. The summed E-state index contributed by atoms with van der Waals surface area (Å²) in [6.07, 6.45) is 3.63. The summed E-state index contributed by atoms with van der Waals surface area (Å²) in [5, 5.41) is 10.1. The molecule has 3 heterocycles. The van der Waals surface area contributed by atoms with E-state index >= 15 is 0 Å². The molecule has 6 nitrogen and oxygen atoms in total. The third kappa shape index (κ3) is 4.15. The molecule has 1 aliphatic carbocycles. The zero-order chi connectivity index (χ0) is 21.4. The normalized spacial score (nSPS) is 26.5. The van der Waals surface area contributed by atoms with Gasteiger partial charge in [-0.25, -0.2) is 9.97 Å². The minimum absolute atomic E-state index is 0.0838. The second-order valence-corrected chi connectivity index (χ2v) is 9.87. The molecule has 0 radical (unpaired) electrons. The van der Waals surface area contributed by atoms with E-state index in [0.29, 0.717) is 12.5 Å². The van der Waals surface area contributed by atoms with Crippen LogP contribution < -0.4 is 9.80 Å². The van der Waals surface area contributed by atoms with Crippen LogP contribution >= 0.6 is 0 Å². The zero-order valence-corrected chi connectivity index (χ0v) is 18.9. The fourth-order valence-electron chi connectivity index (χ4n) is 5.91. The van der Waals surface area contributed by atoms with Crippen molar-refractivity contribution in [1.82, 2.24) is 14.9 Å². The lowest BCUT2D eigenvalue weighted by Crippen LogP contribution is -2.46. The van der Waals surface area contributed by atoms with Gasteiger partial charge in [-0.05, 0) is 38.2 Å². The van der Waals surface area contributed by atoms with E-state index < -0.39 is 0 Å². The van der Waals surface area contributed by atoms with Gasteiger partial charge in [-0.15, -0.1) is 0 Å². The van der Waals surface area contributed by atoms with Crippen LogP contribution in [0.15, 0.2) is 30.3 Å². The Morgan fingerprint density at radius 1 is 1.03 bits per heavy atom. The molecule has 166 valence electrons. The summed E-state index contributed by atoms with van der Waals surface area (Å²) >= 11 is 0. The van der Waals surface area contributed by atoms with E-state index in [1.807, 2.05) is 6.92 Å². The average Bonchev–Trinajstić information content (AvgIpc) is 3.32. The molecule has 6 heteroatoms. The summed E-state index contributed by atoms with van der Waals surface area (Å²) in [6.45, 7) is 11.5. The number of piperazine rings is 1. The standard InChI is InChI=1S/C25H35N5O/c1-19-5-3-6-21(13-19)15-28-9-11-29(12-10-28)23-14-24(27-20(2)26-23)30-16-22-7-4-8-25(22,17-30)18-31/h3,5-6,13-14,22,31H,4,7-12,15-18H2,1-2H3/t22-,25+/m0/s1. The molecule has 2 aliphatic heterocycles. The van der Waals surface area contributed by atoms with E-state index in [0.717, 1.165) is 69.7 Å². The maximum Gasteiger partial charge on any atom is 0.134 e. The van der Waals surface area contributed by atoms with Gasteiger partial charge in [0.15, 0.2) is 0 Å². The highest BCUT2D eigenvalue weighted by molar-refractivity contribution is 5.52. The molecule has 0 spiro atoms. The summed E-state index contributed by atoms with van der Waals surface area (Å²) in [5.74, 6) is 3.52. The first-order chi connectivity index (χ1) is 15.0. The van der Waals surface area contributed by atoms with E-state index in [-0.39, 0.29) is 5.41 Å². The highest BCUT2D eigenvalue weighted by Crippen LogP contribution is 2.49. The molecule has 2 atom stereocenters. The SMILES string of the molecule is Cc1cccc(CN2CCN(c3cc(N4C[C@@H]5CCC[C@]5(CO)C4)nc(C)n3)CC2)c1. The molecule has 0 unspecified atom stereocenters. The molecule has 0 bridgehead atoms. The number of aryl methyl sites for hydroxylation is 2.